The molecule has 0 aliphatic rings. The maximum atomic E-state index is 12.4. The highest BCUT2D eigenvalue weighted by molar-refractivity contribution is 5.91. The molecule has 7 heteroatoms. The standard InChI is InChI=1S/C20H22N4O3/c1-27-17-11-9-16(10-12-17)24-19(15-7-3-2-4-8-15)22-18(23-24)20(26)21-13-5-6-14-25/h2-4,7-12,25H,5-6,13-14H2,1H3,(H,21,26). The first kappa shape index (κ1) is 18.6. The van der Waals surface area contributed by atoms with E-state index in [-0.39, 0.29) is 18.3 Å². The van der Waals surface area contributed by atoms with Gasteiger partial charge in [0.2, 0.25) is 5.82 Å². The second-order valence-corrected chi connectivity index (χ2v) is 5.92. The summed E-state index contributed by atoms with van der Waals surface area (Å²) in [6.45, 7) is 0.579. The highest BCUT2D eigenvalue weighted by atomic mass is 16.5. The summed E-state index contributed by atoms with van der Waals surface area (Å²) in [6, 6.07) is 17.0. The normalized spacial score (nSPS) is 10.6. The van der Waals surface area contributed by atoms with Crippen molar-refractivity contribution in [3.05, 3.63) is 60.4 Å². The average Bonchev–Trinajstić information content (AvgIpc) is 3.17. The Bertz CT molecular complexity index is 876. The summed E-state index contributed by atoms with van der Waals surface area (Å²) in [5.74, 6) is 1.09. The third kappa shape index (κ3) is 4.51. The molecule has 3 aromatic rings. The number of carbonyl (C=O) groups excluding carboxylic acids is 1. The maximum absolute atomic E-state index is 12.4. The molecule has 0 radical (unpaired) electrons. The van der Waals surface area contributed by atoms with Crippen LogP contribution in [-0.4, -0.2) is 46.0 Å². The number of benzene rings is 2. The van der Waals surface area contributed by atoms with Gasteiger partial charge in [0, 0.05) is 18.7 Å². The number of rotatable bonds is 8. The summed E-state index contributed by atoms with van der Waals surface area (Å²) in [7, 11) is 1.61. The summed E-state index contributed by atoms with van der Waals surface area (Å²) in [5.41, 5.74) is 1.64. The van der Waals surface area contributed by atoms with Crippen molar-refractivity contribution < 1.29 is 14.6 Å². The van der Waals surface area contributed by atoms with Gasteiger partial charge in [0.05, 0.1) is 12.8 Å². The molecule has 27 heavy (non-hydrogen) atoms. The largest absolute Gasteiger partial charge is 0.497 e. The van der Waals surface area contributed by atoms with E-state index >= 15 is 0 Å². The lowest BCUT2D eigenvalue weighted by atomic mass is 10.2. The Balaban J connectivity index is 1.92. The number of amides is 1. The first-order valence-electron chi connectivity index (χ1n) is 8.79. The van der Waals surface area contributed by atoms with E-state index in [9.17, 15) is 4.79 Å². The fourth-order valence-corrected chi connectivity index (χ4v) is 2.60. The molecule has 2 N–H and O–H groups in total. The maximum Gasteiger partial charge on any atom is 0.290 e. The topological polar surface area (TPSA) is 89.3 Å². The van der Waals surface area contributed by atoms with Gasteiger partial charge in [-0.2, -0.15) is 0 Å². The Hall–Kier alpha value is -3.19. The highest BCUT2D eigenvalue weighted by Gasteiger charge is 2.18. The van der Waals surface area contributed by atoms with Gasteiger partial charge < -0.3 is 15.2 Å². The van der Waals surface area contributed by atoms with Crippen LogP contribution in [0.2, 0.25) is 0 Å². The molecule has 2 aromatic carbocycles. The molecule has 0 atom stereocenters. The van der Waals surface area contributed by atoms with Crippen LogP contribution in [0.5, 0.6) is 5.75 Å². The summed E-state index contributed by atoms with van der Waals surface area (Å²) in [5, 5.41) is 16.0. The number of nitrogens with zero attached hydrogens (tertiary/aromatic N) is 3. The zero-order valence-electron chi connectivity index (χ0n) is 15.1. The molecule has 1 heterocycles. The third-order valence-corrected chi connectivity index (χ3v) is 4.03. The number of nitrogens with one attached hydrogen (secondary N) is 1. The summed E-state index contributed by atoms with van der Waals surface area (Å²) in [6.07, 6.45) is 1.34. The molecule has 140 valence electrons. The number of aromatic nitrogens is 3. The van der Waals surface area contributed by atoms with Crippen molar-refractivity contribution in [3.63, 3.8) is 0 Å². The van der Waals surface area contributed by atoms with E-state index in [4.69, 9.17) is 9.84 Å². The molecular weight excluding hydrogens is 344 g/mol. The van der Waals surface area contributed by atoms with Gasteiger partial charge in [-0.1, -0.05) is 30.3 Å². The van der Waals surface area contributed by atoms with E-state index in [1.165, 1.54) is 0 Å². The average molecular weight is 366 g/mol. The van der Waals surface area contributed by atoms with Crippen LogP contribution >= 0.6 is 0 Å². The predicted molar refractivity (Wildman–Crippen MR) is 102 cm³/mol. The number of carbonyl (C=O) groups is 1. The number of ether oxygens (including phenoxy) is 1. The number of hydrogen-bond acceptors (Lipinski definition) is 5. The van der Waals surface area contributed by atoms with Gasteiger partial charge in [-0.25, -0.2) is 9.67 Å². The predicted octanol–water partition coefficient (Wildman–Crippen LogP) is 2.45. The molecule has 0 fully saturated rings. The zero-order valence-corrected chi connectivity index (χ0v) is 15.1. The van der Waals surface area contributed by atoms with Crippen molar-refractivity contribution in [2.45, 2.75) is 12.8 Å². The summed E-state index contributed by atoms with van der Waals surface area (Å²) in [4.78, 5) is 16.9. The van der Waals surface area contributed by atoms with Gasteiger partial charge >= 0.3 is 0 Å². The first-order valence-corrected chi connectivity index (χ1v) is 8.79. The lowest BCUT2D eigenvalue weighted by molar-refractivity contribution is 0.0942. The van der Waals surface area contributed by atoms with Crippen LogP contribution in [0.1, 0.15) is 23.5 Å². The third-order valence-electron chi connectivity index (χ3n) is 4.03. The molecule has 0 saturated carbocycles. The van der Waals surface area contributed by atoms with Gasteiger partial charge in [-0.05, 0) is 37.1 Å². The van der Waals surface area contributed by atoms with Crippen LogP contribution in [0.4, 0.5) is 0 Å². The number of aliphatic hydroxyl groups is 1. The number of hydrogen-bond donors (Lipinski definition) is 2. The number of unbranched alkanes of at least 4 members (excludes halogenated alkanes) is 1. The van der Waals surface area contributed by atoms with E-state index in [0.717, 1.165) is 17.0 Å². The van der Waals surface area contributed by atoms with Crippen molar-refractivity contribution in [2.75, 3.05) is 20.3 Å². The molecule has 0 spiro atoms. The Morgan fingerprint density at radius 1 is 1.11 bits per heavy atom. The van der Waals surface area contributed by atoms with E-state index in [0.29, 0.717) is 25.2 Å². The fraction of sp³-hybridized carbons (Fsp3) is 0.250. The second kappa shape index (κ2) is 8.95. The number of aliphatic hydroxyl groups excluding tert-OH is 1. The van der Waals surface area contributed by atoms with Crippen LogP contribution in [0.3, 0.4) is 0 Å². The molecule has 0 unspecified atom stereocenters. The highest BCUT2D eigenvalue weighted by Crippen LogP contribution is 2.22. The molecule has 7 nitrogen and oxygen atoms in total. The minimum Gasteiger partial charge on any atom is -0.497 e. The Morgan fingerprint density at radius 3 is 2.52 bits per heavy atom. The molecule has 0 aliphatic heterocycles. The Kier molecular flexibility index (Phi) is 6.17. The van der Waals surface area contributed by atoms with Crippen LogP contribution in [0.25, 0.3) is 17.1 Å². The van der Waals surface area contributed by atoms with Crippen molar-refractivity contribution >= 4 is 5.91 Å². The van der Waals surface area contributed by atoms with E-state index in [1.54, 1.807) is 11.8 Å². The van der Waals surface area contributed by atoms with E-state index < -0.39 is 0 Å². The minimum absolute atomic E-state index is 0.105. The van der Waals surface area contributed by atoms with E-state index in [2.05, 4.69) is 15.4 Å². The van der Waals surface area contributed by atoms with Gasteiger partial charge in [-0.3, -0.25) is 4.79 Å². The smallest absolute Gasteiger partial charge is 0.290 e. The minimum atomic E-state index is -0.336. The lowest BCUT2D eigenvalue weighted by Gasteiger charge is -2.07. The van der Waals surface area contributed by atoms with Crippen molar-refractivity contribution in [3.8, 4) is 22.8 Å². The summed E-state index contributed by atoms with van der Waals surface area (Å²) < 4.78 is 6.85. The molecule has 0 saturated heterocycles. The van der Waals surface area contributed by atoms with Gasteiger partial charge in [0.25, 0.3) is 5.91 Å². The Morgan fingerprint density at radius 2 is 1.85 bits per heavy atom. The van der Waals surface area contributed by atoms with Crippen LogP contribution in [-0.2, 0) is 0 Å². The first-order chi connectivity index (χ1) is 13.2. The van der Waals surface area contributed by atoms with Crippen LogP contribution in [0, 0.1) is 0 Å². The van der Waals surface area contributed by atoms with Crippen LogP contribution in [0.15, 0.2) is 54.6 Å². The number of methoxy groups -OCH3 is 1. The van der Waals surface area contributed by atoms with Gasteiger partial charge in [-0.15, -0.1) is 5.10 Å². The molecular formula is C20H22N4O3. The van der Waals surface area contributed by atoms with Crippen LogP contribution < -0.4 is 10.1 Å². The molecule has 1 amide bonds. The molecule has 1 aromatic heterocycles. The Labute approximate surface area is 157 Å². The van der Waals surface area contributed by atoms with E-state index in [1.807, 2.05) is 54.6 Å². The monoisotopic (exact) mass is 366 g/mol. The van der Waals surface area contributed by atoms with Crippen molar-refractivity contribution in [1.82, 2.24) is 20.1 Å². The fourth-order valence-electron chi connectivity index (χ4n) is 2.60. The van der Waals surface area contributed by atoms with Crippen molar-refractivity contribution in [1.29, 1.82) is 0 Å². The zero-order chi connectivity index (χ0) is 19.1. The molecule has 0 bridgehead atoms. The molecule has 3 rings (SSSR count). The summed E-state index contributed by atoms with van der Waals surface area (Å²) >= 11 is 0. The SMILES string of the molecule is COc1ccc(-n2nc(C(=O)NCCCCO)nc2-c2ccccc2)cc1. The lowest BCUT2D eigenvalue weighted by Crippen LogP contribution is -2.25. The van der Waals surface area contributed by atoms with Gasteiger partial charge in [0.15, 0.2) is 5.82 Å². The van der Waals surface area contributed by atoms with Crippen molar-refractivity contribution in [2.24, 2.45) is 0 Å². The quantitative estimate of drug-likeness (QED) is 0.598. The van der Waals surface area contributed by atoms with Gasteiger partial charge in [0.1, 0.15) is 5.75 Å². The second-order valence-electron chi connectivity index (χ2n) is 5.92. The molecule has 0 aliphatic carbocycles.